The molecule has 0 fully saturated rings. The molecule has 1 aliphatic rings. The van der Waals surface area contributed by atoms with E-state index in [1.807, 2.05) is 12.3 Å². The van der Waals surface area contributed by atoms with Crippen molar-refractivity contribution >= 4 is 22.3 Å². The Morgan fingerprint density at radius 3 is 2.94 bits per heavy atom. The van der Waals surface area contributed by atoms with Gasteiger partial charge in [-0.3, -0.25) is 4.98 Å². The minimum absolute atomic E-state index is 0.515. The Hall–Kier alpha value is -1.77. The molecule has 1 aromatic heterocycles. The van der Waals surface area contributed by atoms with Crippen molar-refractivity contribution in [1.29, 1.82) is 0 Å². The van der Waals surface area contributed by atoms with E-state index in [-0.39, 0.29) is 0 Å². The summed E-state index contributed by atoms with van der Waals surface area (Å²) in [7, 11) is 0. The summed E-state index contributed by atoms with van der Waals surface area (Å²) >= 11 is 0. The molecule has 0 radical (unpaired) electrons. The van der Waals surface area contributed by atoms with Gasteiger partial charge in [0.05, 0.1) is 23.1 Å². The van der Waals surface area contributed by atoms with Gasteiger partial charge in [-0.2, -0.15) is 0 Å². The number of rotatable bonds is 1. The van der Waals surface area contributed by atoms with Crippen molar-refractivity contribution in [2.75, 3.05) is 23.3 Å². The predicted octanol–water partition coefficient (Wildman–Crippen LogP) is 2.88. The molecule has 3 rings (SSSR count). The smallest absolute Gasteiger partial charge is 0.0771 e. The topological polar surface area (TPSA) is 28.2 Å². The van der Waals surface area contributed by atoms with Crippen LogP contribution in [0.4, 0.5) is 11.4 Å². The van der Waals surface area contributed by atoms with Crippen molar-refractivity contribution < 1.29 is 0 Å². The van der Waals surface area contributed by atoms with Crippen LogP contribution in [0.2, 0.25) is 0 Å². The Labute approximate surface area is 101 Å². The van der Waals surface area contributed by atoms with Crippen molar-refractivity contribution in [3.05, 3.63) is 30.5 Å². The van der Waals surface area contributed by atoms with E-state index in [0.29, 0.717) is 6.04 Å². The highest BCUT2D eigenvalue weighted by Crippen LogP contribution is 2.36. The molecular weight excluding hydrogens is 210 g/mol. The standard InChI is InChI=1S/C14H17N3/c1-10(2)17-8-7-15-13-9-16-12-6-4-3-5-11(12)14(13)17/h3-6,9-10,15H,7-8H2,1-2H3. The predicted molar refractivity (Wildman–Crippen MR) is 72.7 cm³/mol. The van der Waals surface area contributed by atoms with Gasteiger partial charge < -0.3 is 10.2 Å². The molecule has 3 nitrogen and oxygen atoms in total. The van der Waals surface area contributed by atoms with Crippen LogP contribution in [0.25, 0.3) is 10.9 Å². The third-order valence-electron chi connectivity index (χ3n) is 3.33. The molecule has 0 spiro atoms. The molecule has 1 aliphatic heterocycles. The summed E-state index contributed by atoms with van der Waals surface area (Å²) in [6.07, 6.45) is 1.95. The fourth-order valence-corrected chi connectivity index (χ4v) is 2.50. The normalized spacial score (nSPS) is 14.9. The summed E-state index contributed by atoms with van der Waals surface area (Å²) in [6.45, 7) is 6.53. The zero-order valence-corrected chi connectivity index (χ0v) is 10.3. The first-order valence-electron chi connectivity index (χ1n) is 6.15. The van der Waals surface area contributed by atoms with Crippen molar-refractivity contribution in [2.24, 2.45) is 0 Å². The van der Waals surface area contributed by atoms with Crippen LogP contribution in [0.5, 0.6) is 0 Å². The van der Waals surface area contributed by atoms with Gasteiger partial charge >= 0.3 is 0 Å². The number of fused-ring (bicyclic) bond motifs is 3. The summed E-state index contributed by atoms with van der Waals surface area (Å²) in [4.78, 5) is 6.95. The van der Waals surface area contributed by atoms with E-state index in [2.05, 4.69) is 47.2 Å². The summed E-state index contributed by atoms with van der Waals surface area (Å²) in [5.41, 5.74) is 3.53. The van der Waals surface area contributed by atoms with Crippen molar-refractivity contribution in [1.82, 2.24) is 4.98 Å². The minimum Gasteiger partial charge on any atom is -0.380 e. The molecule has 1 aromatic carbocycles. The SMILES string of the molecule is CC(C)N1CCNc2cnc3ccccc3c21. The number of nitrogens with one attached hydrogen (secondary N) is 1. The highest BCUT2D eigenvalue weighted by molar-refractivity contribution is 5.98. The first-order valence-corrected chi connectivity index (χ1v) is 6.15. The van der Waals surface area contributed by atoms with Crippen LogP contribution in [0.15, 0.2) is 30.5 Å². The molecule has 0 unspecified atom stereocenters. The second-order valence-corrected chi connectivity index (χ2v) is 4.75. The lowest BCUT2D eigenvalue weighted by Gasteiger charge is -2.35. The third-order valence-corrected chi connectivity index (χ3v) is 3.33. The van der Waals surface area contributed by atoms with Gasteiger partial charge in [0.2, 0.25) is 0 Å². The van der Waals surface area contributed by atoms with E-state index in [4.69, 9.17) is 0 Å². The summed E-state index contributed by atoms with van der Waals surface area (Å²) in [6, 6.07) is 8.86. The molecule has 88 valence electrons. The van der Waals surface area contributed by atoms with Crippen molar-refractivity contribution in [3.63, 3.8) is 0 Å². The number of hydrogen-bond acceptors (Lipinski definition) is 3. The van der Waals surface area contributed by atoms with Gasteiger partial charge in [-0.15, -0.1) is 0 Å². The Balaban J connectivity index is 2.28. The molecule has 0 aliphatic carbocycles. The fraction of sp³-hybridized carbons (Fsp3) is 0.357. The molecule has 1 N–H and O–H groups in total. The van der Waals surface area contributed by atoms with Crippen molar-refractivity contribution in [3.8, 4) is 0 Å². The van der Waals surface area contributed by atoms with E-state index in [1.165, 1.54) is 11.1 Å². The Morgan fingerprint density at radius 1 is 1.29 bits per heavy atom. The van der Waals surface area contributed by atoms with Gasteiger partial charge in [-0.25, -0.2) is 0 Å². The van der Waals surface area contributed by atoms with Gasteiger partial charge in [0.25, 0.3) is 0 Å². The van der Waals surface area contributed by atoms with Crippen LogP contribution in [0.1, 0.15) is 13.8 Å². The van der Waals surface area contributed by atoms with E-state index < -0.39 is 0 Å². The van der Waals surface area contributed by atoms with Crippen LogP contribution < -0.4 is 10.2 Å². The zero-order valence-electron chi connectivity index (χ0n) is 10.3. The zero-order chi connectivity index (χ0) is 11.8. The maximum Gasteiger partial charge on any atom is 0.0771 e. The van der Waals surface area contributed by atoms with E-state index >= 15 is 0 Å². The van der Waals surface area contributed by atoms with Gasteiger partial charge in [0.15, 0.2) is 0 Å². The largest absolute Gasteiger partial charge is 0.380 e. The van der Waals surface area contributed by atoms with Gasteiger partial charge in [0.1, 0.15) is 0 Å². The molecular formula is C14H17N3. The first kappa shape index (κ1) is 10.4. The Bertz CT molecular complexity index is 548. The van der Waals surface area contributed by atoms with E-state index in [0.717, 1.165) is 24.3 Å². The van der Waals surface area contributed by atoms with Crippen LogP contribution in [-0.4, -0.2) is 24.1 Å². The molecule has 2 heterocycles. The monoisotopic (exact) mass is 227 g/mol. The van der Waals surface area contributed by atoms with Crippen LogP contribution in [0.3, 0.4) is 0 Å². The highest BCUT2D eigenvalue weighted by Gasteiger charge is 2.21. The molecule has 17 heavy (non-hydrogen) atoms. The lowest BCUT2D eigenvalue weighted by Crippen LogP contribution is -2.39. The third kappa shape index (κ3) is 1.62. The lowest BCUT2D eigenvalue weighted by molar-refractivity contribution is 0.683. The molecule has 0 saturated carbocycles. The van der Waals surface area contributed by atoms with E-state index in [9.17, 15) is 0 Å². The average molecular weight is 227 g/mol. The van der Waals surface area contributed by atoms with E-state index in [1.54, 1.807) is 0 Å². The maximum absolute atomic E-state index is 4.50. The molecule has 0 amide bonds. The van der Waals surface area contributed by atoms with Crippen LogP contribution >= 0.6 is 0 Å². The molecule has 3 heteroatoms. The van der Waals surface area contributed by atoms with Gasteiger partial charge in [-0.1, -0.05) is 18.2 Å². The molecule has 0 atom stereocenters. The highest BCUT2D eigenvalue weighted by atomic mass is 15.2. The van der Waals surface area contributed by atoms with Crippen LogP contribution in [-0.2, 0) is 0 Å². The number of anilines is 2. The fourth-order valence-electron chi connectivity index (χ4n) is 2.50. The summed E-state index contributed by atoms with van der Waals surface area (Å²) in [5.74, 6) is 0. The second kappa shape index (κ2) is 3.91. The number of para-hydroxylation sites is 1. The number of benzene rings is 1. The number of hydrogen-bond donors (Lipinski definition) is 1. The summed E-state index contributed by atoms with van der Waals surface area (Å²) in [5, 5.41) is 4.68. The van der Waals surface area contributed by atoms with Gasteiger partial charge in [0, 0.05) is 24.5 Å². The van der Waals surface area contributed by atoms with Crippen LogP contribution in [0, 0.1) is 0 Å². The quantitative estimate of drug-likeness (QED) is 0.812. The number of aromatic nitrogens is 1. The molecule has 2 aromatic rings. The Morgan fingerprint density at radius 2 is 2.12 bits per heavy atom. The lowest BCUT2D eigenvalue weighted by atomic mass is 10.1. The summed E-state index contributed by atoms with van der Waals surface area (Å²) < 4.78 is 0. The second-order valence-electron chi connectivity index (χ2n) is 4.75. The first-order chi connectivity index (χ1) is 8.27. The van der Waals surface area contributed by atoms with Gasteiger partial charge in [-0.05, 0) is 19.9 Å². The van der Waals surface area contributed by atoms with Crippen molar-refractivity contribution in [2.45, 2.75) is 19.9 Å². The molecule has 0 bridgehead atoms. The number of pyridine rings is 1. The number of nitrogens with zero attached hydrogens (tertiary/aromatic N) is 2. The average Bonchev–Trinajstić information content (AvgIpc) is 2.37. The molecule has 0 saturated heterocycles. The Kier molecular flexibility index (Phi) is 2.39. The minimum atomic E-state index is 0.515. The maximum atomic E-state index is 4.50.